The number of anilines is 2. The fourth-order valence-corrected chi connectivity index (χ4v) is 3.27. The molecule has 0 spiro atoms. The van der Waals surface area contributed by atoms with Crippen LogP contribution < -0.4 is 20.1 Å². The van der Waals surface area contributed by atoms with Crippen molar-refractivity contribution in [3.05, 3.63) is 88.7 Å². The summed E-state index contributed by atoms with van der Waals surface area (Å²) in [5.74, 6) is -1.44. The molecule has 0 aromatic heterocycles. The van der Waals surface area contributed by atoms with Gasteiger partial charge in [-0.1, -0.05) is 41.9 Å². The highest BCUT2D eigenvalue weighted by Crippen LogP contribution is 2.37. The summed E-state index contributed by atoms with van der Waals surface area (Å²) in [4.78, 5) is 24.7. The van der Waals surface area contributed by atoms with Gasteiger partial charge < -0.3 is 20.1 Å². The van der Waals surface area contributed by atoms with E-state index < -0.39 is 24.2 Å². The zero-order chi connectivity index (χ0) is 25.2. The molecule has 0 fully saturated rings. The van der Waals surface area contributed by atoms with Crippen LogP contribution in [0.15, 0.2) is 72.3 Å². The van der Waals surface area contributed by atoms with Crippen molar-refractivity contribution in [2.45, 2.75) is 6.92 Å². The highest BCUT2D eigenvalue weighted by atomic mass is 35.5. The van der Waals surface area contributed by atoms with Crippen LogP contribution in [0.2, 0.25) is 5.02 Å². The molecule has 2 N–H and O–H groups in total. The number of halogens is 2. The van der Waals surface area contributed by atoms with Gasteiger partial charge in [0.2, 0.25) is 0 Å². The summed E-state index contributed by atoms with van der Waals surface area (Å²) in [6.45, 7) is 1.56. The minimum Gasteiger partial charge on any atom is -0.490 e. The lowest BCUT2D eigenvalue weighted by Crippen LogP contribution is -2.21. The second-order valence-electron chi connectivity index (χ2n) is 7.07. The van der Waals surface area contributed by atoms with Crippen molar-refractivity contribution in [2.24, 2.45) is 0 Å². The molecule has 0 heterocycles. The van der Waals surface area contributed by atoms with Crippen LogP contribution in [0.4, 0.5) is 15.8 Å². The van der Waals surface area contributed by atoms with E-state index in [4.69, 9.17) is 21.1 Å². The second kappa shape index (κ2) is 12.2. The van der Waals surface area contributed by atoms with Gasteiger partial charge in [-0.25, -0.2) is 4.39 Å². The van der Waals surface area contributed by atoms with Crippen molar-refractivity contribution < 1.29 is 23.5 Å². The van der Waals surface area contributed by atoms with E-state index in [0.717, 1.165) is 0 Å². The third-order valence-corrected chi connectivity index (χ3v) is 4.82. The molecular weight excluding hydrogens is 473 g/mol. The number of nitrogens with zero attached hydrogens (tertiary/aromatic N) is 1. The van der Waals surface area contributed by atoms with Gasteiger partial charge in [-0.3, -0.25) is 9.59 Å². The van der Waals surface area contributed by atoms with Gasteiger partial charge in [0.05, 0.1) is 17.3 Å². The van der Waals surface area contributed by atoms with Crippen LogP contribution in [0.1, 0.15) is 12.5 Å². The van der Waals surface area contributed by atoms with Crippen molar-refractivity contribution in [3.8, 4) is 17.6 Å². The number of benzene rings is 3. The summed E-state index contributed by atoms with van der Waals surface area (Å²) in [5.41, 5.74) is 0.839. The fourth-order valence-electron chi connectivity index (χ4n) is 3.00. The molecule has 2 amide bonds. The molecule has 3 aromatic rings. The molecule has 0 radical (unpaired) electrons. The Hall–Kier alpha value is -4.35. The van der Waals surface area contributed by atoms with Crippen molar-refractivity contribution in [3.63, 3.8) is 0 Å². The Bertz CT molecular complexity index is 1290. The van der Waals surface area contributed by atoms with Crippen LogP contribution in [-0.4, -0.2) is 25.0 Å². The molecule has 0 saturated carbocycles. The molecule has 3 rings (SSSR count). The highest BCUT2D eigenvalue weighted by Gasteiger charge is 2.16. The predicted octanol–water partition coefficient (Wildman–Crippen LogP) is 5.44. The molecule has 0 aliphatic carbocycles. The van der Waals surface area contributed by atoms with Crippen molar-refractivity contribution in [1.82, 2.24) is 0 Å². The minimum absolute atomic E-state index is 0.0236. The molecule has 0 bridgehead atoms. The zero-order valence-corrected chi connectivity index (χ0v) is 19.4. The van der Waals surface area contributed by atoms with E-state index >= 15 is 0 Å². The van der Waals surface area contributed by atoms with E-state index in [9.17, 15) is 19.2 Å². The minimum atomic E-state index is -0.595. The fraction of sp³-hybridized carbons (Fsp3) is 0.115. The number of ether oxygens (including phenoxy) is 2. The van der Waals surface area contributed by atoms with E-state index in [1.807, 2.05) is 6.07 Å². The molecule has 7 nitrogen and oxygen atoms in total. The van der Waals surface area contributed by atoms with Gasteiger partial charge in [-0.05, 0) is 55.0 Å². The van der Waals surface area contributed by atoms with Crippen molar-refractivity contribution >= 4 is 40.9 Å². The molecular formula is C26H21ClFN3O4. The predicted molar refractivity (Wildman–Crippen MR) is 132 cm³/mol. The first kappa shape index (κ1) is 25.3. The van der Waals surface area contributed by atoms with Gasteiger partial charge in [0.15, 0.2) is 18.1 Å². The number of hydrogen-bond donors (Lipinski definition) is 2. The summed E-state index contributed by atoms with van der Waals surface area (Å²) >= 11 is 6.37. The molecule has 9 heteroatoms. The average molecular weight is 494 g/mol. The topological polar surface area (TPSA) is 100 Å². The monoisotopic (exact) mass is 493 g/mol. The first-order valence-corrected chi connectivity index (χ1v) is 10.9. The van der Waals surface area contributed by atoms with Crippen LogP contribution in [0.5, 0.6) is 11.5 Å². The van der Waals surface area contributed by atoms with E-state index in [2.05, 4.69) is 10.6 Å². The van der Waals surface area contributed by atoms with Crippen LogP contribution in [0.3, 0.4) is 0 Å². The number of carbonyl (C=O) groups is 2. The van der Waals surface area contributed by atoms with Crippen LogP contribution in [-0.2, 0) is 9.59 Å². The Morgan fingerprint density at radius 1 is 1.06 bits per heavy atom. The smallest absolute Gasteiger partial charge is 0.266 e. The summed E-state index contributed by atoms with van der Waals surface area (Å²) in [6, 6.07) is 19.4. The molecule has 178 valence electrons. The summed E-state index contributed by atoms with van der Waals surface area (Å²) in [6.07, 6.45) is 1.36. The van der Waals surface area contributed by atoms with Crippen LogP contribution in [0, 0.1) is 17.1 Å². The Kier molecular flexibility index (Phi) is 8.82. The average Bonchev–Trinajstić information content (AvgIpc) is 2.84. The van der Waals surface area contributed by atoms with Gasteiger partial charge in [0, 0.05) is 5.69 Å². The lowest BCUT2D eigenvalue weighted by Gasteiger charge is -2.15. The zero-order valence-electron chi connectivity index (χ0n) is 18.7. The molecule has 0 aliphatic rings. The largest absolute Gasteiger partial charge is 0.490 e. The number of nitrogens with one attached hydrogen (secondary N) is 2. The van der Waals surface area contributed by atoms with E-state index in [1.54, 1.807) is 43.3 Å². The van der Waals surface area contributed by atoms with Gasteiger partial charge in [0.1, 0.15) is 17.5 Å². The van der Waals surface area contributed by atoms with Gasteiger partial charge in [0.25, 0.3) is 11.8 Å². The Morgan fingerprint density at radius 2 is 1.77 bits per heavy atom. The first-order chi connectivity index (χ1) is 16.9. The maximum atomic E-state index is 13.7. The molecule has 0 unspecified atom stereocenters. The number of rotatable bonds is 9. The maximum Gasteiger partial charge on any atom is 0.266 e. The van der Waals surface area contributed by atoms with Crippen LogP contribution in [0.25, 0.3) is 6.08 Å². The number of amides is 2. The van der Waals surface area contributed by atoms with Crippen molar-refractivity contribution in [1.29, 1.82) is 5.26 Å². The molecule has 0 atom stereocenters. The van der Waals surface area contributed by atoms with Gasteiger partial charge >= 0.3 is 0 Å². The number of hydrogen-bond acceptors (Lipinski definition) is 5. The number of para-hydroxylation sites is 2. The third kappa shape index (κ3) is 7.06. The first-order valence-electron chi connectivity index (χ1n) is 10.5. The number of carbonyl (C=O) groups excluding carboxylic acids is 2. The van der Waals surface area contributed by atoms with Crippen molar-refractivity contribution in [2.75, 3.05) is 23.8 Å². The van der Waals surface area contributed by atoms with E-state index in [1.165, 1.54) is 36.4 Å². The molecule has 3 aromatic carbocycles. The quantitative estimate of drug-likeness (QED) is 0.305. The summed E-state index contributed by atoms with van der Waals surface area (Å²) < 4.78 is 24.9. The lowest BCUT2D eigenvalue weighted by atomic mass is 10.1. The second-order valence-corrected chi connectivity index (χ2v) is 7.48. The molecule has 0 aliphatic heterocycles. The summed E-state index contributed by atoms with van der Waals surface area (Å²) in [5, 5.41) is 14.6. The third-order valence-electron chi connectivity index (χ3n) is 4.53. The molecule has 35 heavy (non-hydrogen) atoms. The Balaban J connectivity index is 1.77. The summed E-state index contributed by atoms with van der Waals surface area (Å²) in [7, 11) is 0. The van der Waals surface area contributed by atoms with Crippen LogP contribution >= 0.6 is 11.6 Å². The maximum absolute atomic E-state index is 13.7. The number of nitriles is 1. The van der Waals surface area contributed by atoms with E-state index in [0.29, 0.717) is 11.3 Å². The Morgan fingerprint density at radius 3 is 2.46 bits per heavy atom. The van der Waals surface area contributed by atoms with E-state index in [-0.39, 0.29) is 34.4 Å². The molecule has 0 saturated heterocycles. The SMILES string of the molecule is CCOc1cc(C=C(C#N)C(=O)Nc2ccccc2)cc(Cl)c1OCC(=O)Nc1ccccc1F. The van der Waals surface area contributed by atoms with Gasteiger partial charge in [-0.15, -0.1) is 0 Å². The highest BCUT2D eigenvalue weighted by molar-refractivity contribution is 6.32. The lowest BCUT2D eigenvalue weighted by molar-refractivity contribution is -0.118. The standard InChI is InChI=1S/C26H21ClFN3O4/c1-2-34-23-14-17(12-18(15-29)26(33)30-19-8-4-3-5-9-19)13-20(27)25(23)35-16-24(32)31-22-11-7-6-10-21(22)28/h3-14H,2,16H2,1H3,(H,30,33)(H,31,32). The normalized spacial score (nSPS) is 10.7. The Labute approximate surface area is 206 Å². The van der Waals surface area contributed by atoms with Gasteiger partial charge in [-0.2, -0.15) is 5.26 Å².